The summed E-state index contributed by atoms with van der Waals surface area (Å²) in [5.41, 5.74) is 8.66. The van der Waals surface area contributed by atoms with Gasteiger partial charge in [0.15, 0.2) is 0 Å². The van der Waals surface area contributed by atoms with Crippen LogP contribution in [0.4, 0.5) is 11.4 Å². The van der Waals surface area contributed by atoms with E-state index in [1.165, 1.54) is 0 Å². The van der Waals surface area contributed by atoms with E-state index in [0.717, 1.165) is 42.8 Å². The number of anilines is 2. The summed E-state index contributed by atoms with van der Waals surface area (Å²) in [7, 11) is 0. The number of hydrogen-bond donors (Lipinski definition) is 2. The molecule has 3 N–H and O–H groups in total. The number of amides is 1. The van der Waals surface area contributed by atoms with Gasteiger partial charge in [-0.2, -0.15) is 0 Å². The molecule has 0 bridgehead atoms. The molecule has 0 unspecified atom stereocenters. The molecule has 1 amide bonds. The van der Waals surface area contributed by atoms with E-state index in [-0.39, 0.29) is 11.9 Å². The summed E-state index contributed by atoms with van der Waals surface area (Å²) in [6.45, 7) is 6.08. The average Bonchev–Trinajstić information content (AvgIpc) is 3.29. The van der Waals surface area contributed by atoms with Crippen molar-refractivity contribution in [2.24, 2.45) is 17.6 Å². The molecule has 156 valence electrons. The number of pyridine rings is 2. The summed E-state index contributed by atoms with van der Waals surface area (Å²) >= 11 is 0. The van der Waals surface area contributed by atoms with Crippen LogP contribution in [0.3, 0.4) is 0 Å². The fraction of sp³-hybridized carbons (Fsp3) is 0.435. The second kappa shape index (κ2) is 7.40. The lowest BCUT2D eigenvalue weighted by molar-refractivity contribution is 0.102. The number of hydrogen-bond acceptors (Lipinski definition) is 6. The number of rotatable bonds is 4. The second-order valence-electron chi connectivity index (χ2n) is 8.91. The lowest BCUT2D eigenvalue weighted by atomic mass is 9.96. The monoisotopic (exact) mass is 405 g/mol. The number of nitrogens with one attached hydrogen (secondary N) is 1. The number of fused-ring (bicyclic) bond motifs is 1. The molecule has 3 aromatic heterocycles. The van der Waals surface area contributed by atoms with Crippen molar-refractivity contribution >= 4 is 28.4 Å². The molecule has 2 fully saturated rings. The summed E-state index contributed by atoms with van der Waals surface area (Å²) in [5.74, 6) is 2.32. The minimum atomic E-state index is -0.279. The van der Waals surface area contributed by atoms with Crippen molar-refractivity contribution in [1.29, 1.82) is 0 Å². The van der Waals surface area contributed by atoms with Gasteiger partial charge in [0.05, 0.1) is 17.6 Å². The standard InChI is InChI=1S/C23H27N5O2/c1-13-7-16(24)12-28(11-13)20-5-6-25-10-19(20)26-22(29)18-4-3-15-9-21(17-8-14(17)2)30-23(15)27-18/h3-6,9-10,13-14,16-17H,7-8,11-12,24H2,1-2H3,(H,26,29)/t13-,14-,16+,17-/m1/s1. The molecule has 1 saturated heterocycles. The number of furan rings is 1. The fourth-order valence-electron chi connectivity index (χ4n) is 4.51. The Bertz CT molecular complexity index is 1080. The van der Waals surface area contributed by atoms with Gasteiger partial charge >= 0.3 is 0 Å². The SMILES string of the molecule is C[C@@H]1C[C@H](N)CN(c2ccncc2NC(=O)c2ccc3cc([C@@H]4C[C@H]4C)oc3n2)C1. The summed E-state index contributed by atoms with van der Waals surface area (Å²) in [6, 6.07) is 7.72. The molecule has 2 aliphatic rings. The van der Waals surface area contributed by atoms with Crippen LogP contribution in [0.5, 0.6) is 0 Å². The van der Waals surface area contributed by atoms with Crippen molar-refractivity contribution in [3.8, 4) is 0 Å². The summed E-state index contributed by atoms with van der Waals surface area (Å²) < 4.78 is 5.92. The highest BCUT2D eigenvalue weighted by atomic mass is 16.3. The lowest BCUT2D eigenvalue weighted by Gasteiger charge is -2.37. The molecule has 0 aromatic carbocycles. The quantitative estimate of drug-likeness (QED) is 0.686. The molecule has 5 rings (SSSR count). The van der Waals surface area contributed by atoms with Crippen LogP contribution in [0.25, 0.3) is 11.1 Å². The first-order valence-corrected chi connectivity index (χ1v) is 10.6. The molecular weight excluding hydrogens is 378 g/mol. The molecule has 7 nitrogen and oxygen atoms in total. The van der Waals surface area contributed by atoms with Crippen molar-refractivity contribution < 1.29 is 9.21 Å². The summed E-state index contributed by atoms with van der Waals surface area (Å²) in [5, 5.41) is 3.91. The third-order valence-electron chi connectivity index (χ3n) is 6.19. The number of nitrogens with zero attached hydrogens (tertiary/aromatic N) is 3. The lowest BCUT2D eigenvalue weighted by Crippen LogP contribution is -2.46. The van der Waals surface area contributed by atoms with Crippen molar-refractivity contribution in [3.63, 3.8) is 0 Å². The van der Waals surface area contributed by atoms with Crippen LogP contribution in [0.2, 0.25) is 0 Å². The molecule has 30 heavy (non-hydrogen) atoms. The molecule has 0 spiro atoms. The van der Waals surface area contributed by atoms with E-state index in [4.69, 9.17) is 10.2 Å². The zero-order chi connectivity index (χ0) is 20.8. The Morgan fingerprint density at radius 1 is 1.23 bits per heavy atom. The van der Waals surface area contributed by atoms with Crippen LogP contribution in [0.15, 0.2) is 41.1 Å². The number of nitrogens with two attached hydrogens (primary N) is 1. The molecule has 0 radical (unpaired) electrons. The van der Waals surface area contributed by atoms with Gasteiger partial charge in [0.25, 0.3) is 5.91 Å². The van der Waals surface area contributed by atoms with Gasteiger partial charge in [-0.25, -0.2) is 4.98 Å². The zero-order valence-electron chi connectivity index (χ0n) is 17.3. The van der Waals surface area contributed by atoms with Gasteiger partial charge in [0, 0.05) is 36.6 Å². The van der Waals surface area contributed by atoms with E-state index in [0.29, 0.717) is 34.8 Å². The third kappa shape index (κ3) is 3.65. The van der Waals surface area contributed by atoms with Gasteiger partial charge in [-0.1, -0.05) is 13.8 Å². The van der Waals surface area contributed by atoms with Crippen LogP contribution < -0.4 is 16.0 Å². The largest absolute Gasteiger partial charge is 0.442 e. The maximum atomic E-state index is 12.9. The first-order chi connectivity index (χ1) is 14.5. The number of carbonyl (C=O) groups is 1. The van der Waals surface area contributed by atoms with E-state index in [9.17, 15) is 4.79 Å². The average molecular weight is 406 g/mol. The second-order valence-corrected chi connectivity index (χ2v) is 8.91. The molecule has 1 aliphatic carbocycles. The third-order valence-corrected chi connectivity index (χ3v) is 6.19. The molecule has 3 aromatic rings. The Morgan fingerprint density at radius 2 is 2.07 bits per heavy atom. The van der Waals surface area contributed by atoms with Gasteiger partial charge in [0.1, 0.15) is 11.5 Å². The Hall–Kier alpha value is -2.93. The van der Waals surface area contributed by atoms with Crippen LogP contribution in [-0.2, 0) is 0 Å². The number of carbonyl (C=O) groups excluding carboxylic acids is 1. The van der Waals surface area contributed by atoms with Crippen molar-refractivity contribution in [2.45, 2.75) is 38.6 Å². The van der Waals surface area contributed by atoms with Gasteiger partial charge in [-0.15, -0.1) is 0 Å². The molecule has 4 atom stereocenters. The van der Waals surface area contributed by atoms with E-state index in [1.54, 1.807) is 18.5 Å². The number of aromatic nitrogens is 2. The highest BCUT2D eigenvalue weighted by Gasteiger charge is 2.37. The smallest absolute Gasteiger partial charge is 0.274 e. The minimum Gasteiger partial charge on any atom is -0.442 e. The van der Waals surface area contributed by atoms with Crippen LogP contribution in [-0.4, -0.2) is 35.0 Å². The van der Waals surface area contributed by atoms with Crippen LogP contribution >= 0.6 is 0 Å². The molecule has 7 heteroatoms. The Morgan fingerprint density at radius 3 is 2.83 bits per heavy atom. The van der Waals surface area contributed by atoms with Gasteiger partial charge in [0.2, 0.25) is 5.71 Å². The van der Waals surface area contributed by atoms with Crippen molar-refractivity contribution in [3.05, 3.63) is 48.1 Å². The summed E-state index contributed by atoms with van der Waals surface area (Å²) in [6.07, 6.45) is 5.58. The Labute approximate surface area is 175 Å². The zero-order valence-corrected chi connectivity index (χ0v) is 17.3. The predicted octanol–water partition coefficient (Wildman–Crippen LogP) is 3.77. The normalized spacial score (nSPS) is 26.0. The molecule has 1 aliphatic heterocycles. The van der Waals surface area contributed by atoms with E-state index in [2.05, 4.69) is 34.0 Å². The maximum Gasteiger partial charge on any atom is 0.274 e. The van der Waals surface area contributed by atoms with Crippen LogP contribution in [0.1, 0.15) is 48.9 Å². The van der Waals surface area contributed by atoms with Crippen molar-refractivity contribution in [1.82, 2.24) is 9.97 Å². The maximum absolute atomic E-state index is 12.9. The minimum absolute atomic E-state index is 0.122. The highest BCUT2D eigenvalue weighted by molar-refractivity contribution is 6.05. The van der Waals surface area contributed by atoms with Gasteiger partial charge in [-0.3, -0.25) is 9.78 Å². The fourth-order valence-corrected chi connectivity index (χ4v) is 4.51. The van der Waals surface area contributed by atoms with Gasteiger partial charge < -0.3 is 20.4 Å². The summed E-state index contributed by atoms with van der Waals surface area (Å²) in [4.78, 5) is 23.8. The molecular formula is C23H27N5O2. The molecule has 1 saturated carbocycles. The highest BCUT2D eigenvalue weighted by Crippen LogP contribution is 2.48. The Kier molecular flexibility index (Phi) is 4.70. The van der Waals surface area contributed by atoms with Crippen LogP contribution in [0, 0.1) is 11.8 Å². The molecule has 4 heterocycles. The van der Waals surface area contributed by atoms with E-state index < -0.39 is 0 Å². The Balaban J connectivity index is 1.38. The predicted molar refractivity (Wildman–Crippen MR) is 117 cm³/mol. The first-order valence-electron chi connectivity index (χ1n) is 10.6. The van der Waals surface area contributed by atoms with Crippen molar-refractivity contribution in [2.75, 3.05) is 23.3 Å². The number of piperidine rings is 1. The van der Waals surface area contributed by atoms with Gasteiger partial charge in [-0.05, 0) is 48.9 Å². The first kappa shape index (κ1) is 19.1. The topological polar surface area (TPSA) is 97.3 Å². The van der Waals surface area contributed by atoms with E-state index >= 15 is 0 Å². The van der Waals surface area contributed by atoms with E-state index in [1.807, 2.05) is 18.2 Å².